The molecule has 0 unspecified atom stereocenters. The van der Waals surface area contributed by atoms with Gasteiger partial charge in [-0.25, -0.2) is 4.39 Å². The molecule has 2 aromatic rings. The normalized spacial score (nSPS) is 10.2. The van der Waals surface area contributed by atoms with Gasteiger partial charge in [-0.15, -0.1) is 0 Å². The lowest BCUT2D eigenvalue weighted by molar-refractivity contribution is -0.119. The van der Waals surface area contributed by atoms with Gasteiger partial charge in [-0.1, -0.05) is 18.2 Å². The molecule has 0 spiro atoms. The molecule has 2 aromatic carbocycles. The molecule has 5 heteroatoms. The largest absolute Gasteiger partial charge is 0.494 e. The van der Waals surface area contributed by atoms with Crippen molar-refractivity contribution in [2.24, 2.45) is 0 Å². The van der Waals surface area contributed by atoms with E-state index in [4.69, 9.17) is 4.74 Å². The Morgan fingerprint density at radius 2 is 1.87 bits per heavy atom. The first-order valence-electron chi connectivity index (χ1n) is 7.66. The Hall–Kier alpha value is -2.56. The summed E-state index contributed by atoms with van der Waals surface area (Å²) in [6.45, 7) is 3.13. The molecular formula is C18H21FN2O2. The van der Waals surface area contributed by atoms with E-state index in [-0.39, 0.29) is 18.3 Å². The van der Waals surface area contributed by atoms with Crippen LogP contribution in [0.1, 0.15) is 12.5 Å². The zero-order valence-electron chi connectivity index (χ0n) is 13.1. The molecule has 0 saturated heterocycles. The summed E-state index contributed by atoms with van der Waals surface area (Å²) in [4.78, 5) is 11.8. The maximum Gasteiger partial charge on any atom is 0.239 e. The van der Waals surface area contributed by atoms with Crippen LogP contribution >= 0.6 is 0 Å². The lowest BCUT2D eigenvalue weighted by Gasteiger charge is -2.09. The van der Waals surface area contributed by atoms with Crippen LogP contribution in [0.4, 0.5) is 10.1 Å². The maximum atomic E-state index is 13.4. The number of carbonyl (C=O) groups is 1. The second-order valence-electron chi connectivity index (χ2n) is 5.00. The van der Waals surface area contributed by atoms with Gasteiger partial charge in [0.05, 0.1) is 13.2 Å². The van der Waals surface area contributed by atoms with E-state index >= 15 is 0 Å². The van der Waals surface area contributed by atoms with Crippen LogP contribution in [0, 0.1) is 5.82 Å². The number of halogens is 1. The molecule has 0 fully saturated rings. The van der Waals surface area contributed by atoms with Crippen LogP contribution in [0.2, 0.25) is 0 Å². The van der Waals surface area contributed by atoms with Crippen molar-refractivity contribution in [1.29, 1.82) is 0 Å². The third-order valence-electron chi connectivity index (χ3n) is 3.29. The highest BCUT2D eigenvalue weighted by molar-refractivity contribution is 5.80. The first-order valence-corrected chi connectivity index (χ1v) is 7.66. The van der Waals surface area contributed by atoms with Crippen LogP contribution in [-0.4, -0.2) is 25.6 Å². The average molecular weight is 316 g/mol. The monoisotopic (exact) mass is 316 g/mol. The first kappa shape index (κ1) is 16.8. The van der Waals surface area contributed by atoms with Gasteiger partial charge in [0.2, 0.25) is 5.91 Å². The van der Waals surface area contributed by atoms with Crippen molar-refractivity contribution in [2.45, 2.75) is 13.3 Å². The lowest BCUT2D eigenvalue weighted by atomic mass is 10.1. The number of nitrogens with one attached hydrogen (secondary N) is 2. The molecule has 0 aliphatic carbocycles. The van der Waals surface area contributed by atoms with Gasteiger partial charge >= 0.3 is 0 Å². The quantitative estimate of drug-likeness (QED) is 0.787. The van der Waals surface area contributed by atoms with Gasteiger partial charge in [0.1, 0.15) is 11.6 Å². The topological polar surface area (TPSA) is 50.4 Å². The zero-order chi connectivity index (χ0) is 16.5. The van der Waals surface area contributed by atoms with Gasteiger partial charge in [-0.2, -0.15) is 0 Å². The summed E-state index contributed by atoms with van der Waals surface area (Å²) in [7, 11) is 0. The second kappa shape index (κ2) is 8.78. The Kier molecular flexibility index (Phi) is 6.41. The van der Waals surface area contributed by atoms with Crippen LogP contribution in [0.25, 0.3) is 0 Å². The highest BCUT2D eigenvalue weighted by Crippen LogP contribution is 2.15. The lowest BCUT2D eigenvalue weighted by Crippen LogP contribution is -2.31. The van der Waals surface area contributed by atoms with Crippen molar-refractivity contribution in [2.75, 3.05) is 25.0 Å². The Morgan fingerprint density at radius 3 is 2.57 bits per heavy atom. The summed E-state index contributed by atoms with van der Waals surface area (Å²) in [5.41, 5.74) is 1.45. The fourth-order valence-corrected chi connectivity index (χ4v) is 2.12. The molecule has 0 radical (unpaired) electrons. The minimum absolute atomic E-state index is 0.129. The van der Waals surface area contributed by atoms with Crippen LogP contribution in [0.3, 0.4) is 0 Å². The molecule has 0 saturated carbocycles. The maximum absolute atomic E-state index is 13.4. The molecule has 23 heavy (non-hydrogen) atoms. The SMILES string of the molecule is CCOc1ccc(NCC(=O)NCCc2ccccc2F)cc1. The Labute approximate surface area is 135 Å². The van der Waals surface area contributed by atoms with Gasteiger partial charge in [0.15, 0.2) is 0 Å². The van der Waals surface area contributed by atoms with Crippen molar-refractivity contribution < 1.29 is 13.9 Å². The van der Waals surface area contributed by atoms with Gasteiger partial charge in [-0.05, 0) is 49.2 Å². The minimum Gasteiger partial charge on any atom is -0.494 e. The summed E-state index contributed by atoms with van der Waals surface area (Å²) in [6, 6.07) is 14.0. The molecule has 0 aromatic heterocycles. The number of rotatable bonds is 8. The number of amides is 1. The highest BCUT2D eigenvalue weighted by Gasteiger charge is 2.03. The van der Waals surface area contributed by atoms with Crippen LogP contribution < -0.4 is 15.4 Å². The molecule has 0 aliphatic heterocycles. The third-order valence-corrected chi connectivity index (χ3v) is 3.29. The molecule has 122 valence electrons. The van der Waals surface area contributed by atoms with Gasteiger partial charge in [0, 0.05) is 12.2 Å². The Balaban J connectivity index is 1.69. The molecule has 2 N–H and O–H groups in total. The van der Waals surface area contributed by atoms with Gasteiger partial charge in [-0.3, -0.25) is 4.79 Å². The van der Waals surface area contributed by atoms with E-state index in [2.05, 4.69) is 10.6 Å². The van der Waals surface area contributed by atoms with Gasteiger partial charge in [0.25, 0.3) is 0 Å². The summed E-state index contributed by atoms with van der Waals surface area (Å²) in [6.07, 6.45) is 0.474. The molecule has 0 aliphatic rings. The highest BCUT2D eigenvalue weighted by atomic mass is 19.1. The van der Waals surface area contributed by atoms with Crippen molar-refractivity contribution in [3.63, 3.8) is 0 Å². The molecular weight excluding hydrogens is 295 g/mol. The van der Waals surface area contributed by atoms with Crippen LogP contribution in [0.5, 0.6) is 5.75 Å². The Bertz CT molecular complexity index is 629. The summed E-state index contributed by atoms with van der Waals surface area (Å²) in [5, 5.41) is 5.80. The van der Waals surface area contributed by atoms with E-state index in [1.807, 2.05) is 31.2 Å². The summed E-state index contributed by atoms with van der Waals surface area (Å²) in [5.74, 6) is 0.428. The van der Waals surface area contributed by atoms with E-state index in [9.17, 15) is 9.18 Å². The number of hydrogen-bond donors (Lipinski definition) is 2. The number of ether oxygens (including phenoxy) is 1. The smallest absolute Gasteiger partial charge is 0.239 e. The molecule has 0 heterocycles. The molecule has 0 atom stereocenters. The number of benzene rings is 2. The van der Waals surface area contributed by atoms with E-state index in [0.29, 0.717) is 25.1 Å². The van der Waals surface area contributed by atoms with E-state index in [0.717, 1.165) is 11.4 Å². The predicted molar refractivity (Wildman–Crippen MR) is 89.2 cm³/mol. The minimum atomic E-state index is -0.241. The van der Waals surface area contributed by atoms with Crippen molar-refractivity contribution in [1.82, 2.24) is 5.32 Å². The van der Waals surface area contributed by atoms with Crippen LogP contribution in [0.15, 0.2) is 48.5 Å². The molecule has 4 nitrogen and oxygen atoms in total. The Morgan fingerprint density at radius 1 is 1.13 bits per heavy atom. The standard InChI is InChI=1S/C18H21FN2O2/c1-2-23-16-9-7-15(8-10-16)21-13-18(22)20-12-11-14-5-3-4-6-17(14)19/h3-10,21H,2,11-13H2,1H3,(H,20,22). The number of carbonyl (C=O) groups excluding carboxylic acids is 1. The average Bonchev–Trinajstić information content (AvgIpc) is 2.56. The predicted octanol–water partition coefficient (Wildman–Crippen LogP) is 3.00. The van der Waals surface area contributed by atoms with Crippen molar-refractivity contribution >= 4 is 11.6 Å². The van der Waals surface area contributed by atoms with Gasteiger partial charge < -0.3 is 15.4 Å². The zero-order valence-corrected chi connectivity index (χ0v) is 13.1. The van der Waals surface area contributed by atoms with Crippen LogP contribution in [-0.2, 0) is 11.2 Å². The molecule has 2 rings (SSSR count). The van der Waals surface area contributed by atoms with Crippen molar-refractivity contribution in [3.8, 4) is 5.75 Å². The molecule has 0 bridgehead atoms. The van der Waals surface area contributed by atoms with E-state index in [1.54, 1.807) is 18.2 Å². The number of anilines is 1. The summed E-state index contributed by atoms with van der Waals surface area (Å²) < 4.78 is 18.8. The molecule has 1 amide bonds. The third kappa shape index (κ3) is 5.62. The first-order chi connectivity index (χ1) is 11.2. The fourth-order valence-electron chi connectivity index (χ4n) is 2.12. The van der Waals surface area contributed by atoms with Crippen molar-refractivity contribution in [3.05, 3.63) is 59.9 Å². The van der Waals surface area contributed by atoms with E-state index in [1.165, 1.54) is 6.07 Å². The van der Waals surface area contributed by atoms with E-state index < -0.39 is 0 Å². The fraction of sp³-hybridized carbons (Fsp3) is 0.278. The number of hydrogen-bond acceptors (Lipinski definition) is 3. The summed E-state index contributed by atoms with van der Waals surface area (Å²) >= 11 is 0. The second-order valence-corrected chi connectivity index (χ2v) is 5.00.